The van der Waals surface area contributed by atoms with Gasteiger partial charge in [-0.2, -0.15) is 0 Å². The molecule has 1 fully saturated rings. The van der Waals surface area contributed by atoms with E-state index in [4.69, 9.17) is 0 Å². The number of aldehydes is 1. The molecule has 0 saturated heterocycles. The molecule has 5 heteroatoms. The van der Waals surface area contributed by atoms with E-state index in [1.54, 1.807) is 0 Å². The van der Waals surface area contributed by atoms with Crippen molar-refractivity contribution in [1.29, 1.82) is 0 Å². The maximum absolute atomic E-state index is 12.4. The molecule has 1 aliphatic rings. The van der Waals surface area contributed by atoms with Crippen molar-refractivity contribution >= 4 is 12.3 Å². The van der Waals surface area contributed by atoms with E-state index in [1.807, 2.05) is 0 Å². The Labute approximate surface area is 116 Å². The Kier molecular flexibility index (Phi) is 6.84. The lowest BCUT2D eigenvalue weighted by Crippen LogP contribution is -2.18. The molecule has 0 aromatic heterocycles. The number of esters is 1. The van der Waals surface area contributed by atoms with E-state index in [-0.39, 0.29) is 23.7 Å². The first-order valence-corrected chi connectivity index (χ1v) is 6.56. The molecule has 0 radical (unpaired) electrons. The van der Waals surface area contributed by atoms with Crippen molar-refractivity contribution in [2.45, 2.75) is 32.1 Å². The van der Waals surface area contributed by atoms with E-state index in [1.165, 1.54) is 26.4 Å². The van der Waals surface area contributed by atoms with Gasteiger partial charge in [0.1, 0.15) is 11.6 Å². The van der Waals surface area contributed by atoms with Crippen LogP contribution in [0.5, 0.6) is 0 Å². The highest BCUT2D eigenvalue weighted by molar-refractivity contribution is 5.75. The minimum absolute atomic E-state index is 0.0142. The van der Waals surface area contributed by atoms with Gasteiger partial charge in [0, 0.05) is 0 Å². The predicted molar refractivity (Wildman–Crippen MR) is 70.3 cm³/mol. The molecule has 0 spiro atoms. The maximum atomic E-state index is 12.4. The molecule has 1 aromatic rings. The Hall–Kier alpha value is -1.78. The summed E-state index contributed by atoms with van der Waals surface area (Å²) in [5.74, 6) is -1.11. The number of hydrogen-bond donors (Lipinski definition) is 0. The summed E-state index contributed by atoms with van der Waals surface area (Å²) in [7, 11) is 1.47. The zero-order chi connectivity index (χ0) is 15.0. The van der Waals surface area contributed by atoms with Gasteiger partial charge in [0.15, 0.2) is 6.29 Å². The Morgan fingerprint density at radius 1 is 1.25 bits per heavy atom. The number of carbonyl (C=O) groups excluding carboxylic acids is 2. The van der Waals surface area contributed by atoms with Gasteiger partial charge in [-0.15, -0.1) is 0 Å². The van der Waals surface area contributed by atoms with Gasteiger partial charge in [0.05, 0.1) is 18.6 Å². The zero-order valence-corrected chi connectivity index (χ0v) is 11.4. The minimum atomic E-state index is -0.698. The molecular formula is C15H18F2O3. The van der Waals surface area contributed by atoms with Gasteiger partial charge in [-0.3, -0.25) is 9.59 Å². The quantitative estimate of drug-likeness (QED) is 0.616. The summed E-state index contributed by atoms with van der Waals surface area (Å²) < 4.78 is 29.2. The zero-order valence-electron chi connectivity index (χ0n) is 11.4. The molecule has 0 unspecified atom stereocenters. The van der Waals surface area contributed by atoms with E-state index < -0.39 is 11.6 Å². The number of hydrogen-bond acceptors (Lipinski definition) is 3. The van der Waals surface area contributed by atoms with Gasteiger partial charge in [-0.1, -0.05) is 19.3 Å². The number of carbonyl (C=O) groups is 2. The van der Waals surface area contributed by atoms with Crippen LogP contribution >= 0.6 is 0 Å². The molecule has 2 rings (SSSR count). The van der Waals surface area contributed by atoms with Crippen LogP contribution in [-0.4, -0.2) is 19.4 Å². The molecule has 0 bridgehead atoms. The Morgan fingerprint density at radius 3 is 2.40 bits per heavy atom. The predicted octanol–water partition coefficient (Wildman–Crippen LogP) is 3.52. The SMILES string of the molecule is COC(=O)C1CCCCC1.O=Cc1cc(F)ccc1F. The smallest absolute Gasteiger partial charge is 0.308 e. The summed E-state index contributed by atoms with van der Waals surface area (Å²) in [6, 6.07) is 2.73. The topological polar surface area (TPSA) is 43.4 Å². The first-order valence-electron chi connectivity index (χ1n) is 6.56. The second kappa shape index (κ2) is 8.40. The summed E-state index contributed by atoms with van der Waals surface area (Å²) in [6.45, 7) is 0. The van der Waals surface area contributed by atoms with Crippen molar-refractivity contribution in [3.05, 3.63) is 35.4 Å². The van der Waals surface area contributed by atoms with Crippen LogP contribution in [0.25, 0.3) is 0 Å². The third-order valence-corrected chi connectivity index (χ3v) is 3.22. The Bertz CT molecular complexity index is 454. The molecule has 3 nitrogen and oxygen atoms in total. The van der Waals surface area contributed by atoms with E-state index in [9.17, 15) is 18.4 Å². The van der Waals surface area contributed by atoms with Gasteiger partial charge < -0.3 is 4.74 Å². The first kappa shape index (κ1) is 16.3. The summed E-state index contributed by atoms with van der Waals surface area (Å²) in [6.07, 6.45) is 6.02. The molecule has 1 saturated carbocycles. The largest absolute Gasteiger partial charge is 0.469 e. The Morgan fingerprint density at radius 2 is 1.90 bits per heavy atom. The van der Waals surface area contributed by atoms with Crippen molar-refractivity contribution < 1.29 is 23.1 Å². The molecule has 0 N–H and O–H groups in total. The summed E-state index contributed by atoms with van der Waals surface area (Å²) in [4.78, 5) is 20.9. The number of ether oxygens (including phenoxy) is 1. The molecular weight excluding hydrogens is 266 g/mol. The lowest BCUT2D eigenvalue weighted by atomic mass is 9.89. The number of methoxy groups -OCH3 is 1. The fourth-order valence-electron chi connectivity index (χ4n) is 2.11. The maximum Gasteiger partial charge on any atom is 0.308 e. The van der Waals surface area contributed by atoms with Gasteiger partial charge in [-0.25, -0.2) is 8.78 Å². The van der Waals surface area contributed by atoms with E-state index in [2.05, 4.69) is 4.74 Å². The molecule has 20 heavy (non-hydrogen) atoms. The van der Waals surface area contributed by atoms with Crippen LogP contribution in [0, 0.1) is 17.6 Å². The fourth-order valence-corrected chi connectivity index (χ4v) is 2.11. The van der Waals surface area contributed by atoms with Crippen LogP contribution in [0.4, 0.5) is 8.78 Å². The molecule has 0 heterocycles. The van der Waals surface area contributed by atoms with Crippen molar-refractivity contribution in [2.75, 3.05) is 7.11 Å². The van der Waals surface area contributed by atoms with E-state index in [0.717, 1.165) is 31.0 Å². The van der Waals surface area contributed by atoms with Crippen LogP contribution in [0.2, 0.25) is 0 Å². The molecule has 1 aromatic carbocycles. The third-order valence-electron chi connectivity index (χ3n) is 3.22. The highest BCUT2D eigenvalue weighted by Crippen LogP contribution is 2.24. The van der Waals surface area contributed by atoms with Crippen molar-refractivity contribution in [3.8, 4) is 0 Å². The Balaban J connectivity index is 0.000000200. The van der Waals surface area contributed by atoms with Gasteiger partial charge in [0.25, 0.3) is 0 Å². The number of halogens is 2. The van der Waals surface area contributed by atoms with Crippen LogP contribution in [0.1, 0.15) is 42.5 Å². The second-order valence-electron chi connectivity index (χ2n) is 4.64. The van der Waals surface area contributed by atoms with Crippen LogP contribution in [0.15, 0.2) is 18.2 Å². The average Bonchev–Trinajstić information content (AvgIpc) is 2.50. The number of benzene rings is 1. The minimum Gasteiger partial charge on any atom is -0.469 e. The standard InChI is InChI=1S/C8H14O2.C7H4F2O/c1-10-8(9)7-5-3-2-4-6-7;8-6-1-2-7(9)5(3-6)4-10/h7H,2-6H2,1H3;1-4H. The van der Waals surface area contributed by atoms with Gasteiger partial charge in [0.2, 0.25) is 0 Å². The van der Waals surface area contributed by atoms with Gasteiger partial charge in [-0.05, 0) is 31.0 Å². The summed E-state index contributed by atoms with van der Waals surface area (Å²) >= 11 is 0. The van der Waals surface area contributed by atoms with E-state index >= 15 is 0 Å². The van der Waals surface area contributed by atoms with Crippen LogP contribution in [0.3, 0.4) is 0 Å². The van der Waals surface area contributed by atoms with E-state index in [0.29, 0.717) is 0 Å². The highest BCUT2D eigenvalue weighted by Gasteiger charge is 2.20. The molecule has 110 valence electrons. The lowest BCUT2D eigenvalue weighted by Gasteiger charge is -2.18. The third kappa shape index (κ3) is 5.07. The van der Waals surface area contributed by atoms with Crippen LogP contribution < -0.4 is 0 Å². The molecule has 0 aliphatic heterocycles. The summed E-state index contributed by atoms with van der Waals surface area (Å²) in [5, 5.41) is 0. The summed E-state index contributed by atoms with van der Waals surface area (Å²) in [5.41, 5.74) is -0.250. The monoisotopic (exact) mass is 284 g/mol. The second-order valence-corrected chi connectivity index (χ2v) is 4.64. The lowest BCUT2D eigenvalue weighted by molar-refractivity contribution is -0.146. The highest BCUT2D eigenvalue weighted by atomic mass is 19.1. The molecule has 0 amide bonds. The fraction of sp³-hybridized carbons (Fsp3) is 0.467. The van der Waals surface area contributed by atoms with Crippen molar-refractivity contribution in [3.63, 3.8) is 0 Å². The van der Waals surface area contributed by atoms with Crippen molar-refractivity contribution in [1.82, 2.24) is 0 Å². The number of rotatable bonds is 2. The van der Waals surface area contributed by atoms with Crippen molar-refractivity contribution in [2.24, 2.45) is 5.92 Å². The molecule has 0 atom stereocenters. The molecule has 1 aliphatic carbocycles. The van der Waals surface area contributed by atoms with Crippen LogP contribution in [-0.2, 0) is 9.53 Å². The average molecular weight is 284 g/mol. The normalized spacial score (nSPS) is 14.9. The van der Waals surface area contributed by atoms with Gasteiger partial charge >= 0.3 is 5.97 Å². The first-order chi connectivity index (χ1) is 9.58.